The van der Waals surface area contributed by atoms with E-state index in [1.54, 1.807) is 43.3 Å². The van der Waals surface area contributed by atoms with Crippen LogP contribution in [0, 0.1) is 0 Å². The van der Waals surface area contributed by atoms with Crippen molar-refractivity contribution in [2.75, 3.05) is 5.32 Å². The van der Waals surface area contributed by atoms with E-state index >= 15 is 0 Å². The Kier molecular flexibility index (Phi) is 5.87. The summed E-state index contributed by atoms with van der Waals surface area (Å²) in [5.74, 6) is -0.369. The summed E-state index contributed by atoms with van der Waals surface area (Å²) in [5.41, 5.74) is 2.09. The van der Waals surface area contributed by atoms with Crippen molar-refractivity contribution >= 4 is 40.1 Å². The number of nitrogens with zero attached hydrogens (tertiary/aromatic N) is 2. The first kappa shape index (κ1) is 18.7. The molecule has 7 nitrogen and oxygen atoms in total. The summed E-state index contributed by atoms with van der Waals surface area (Å²) in [4.78, 5) is 24.4. The number of para-hydroxylation sites is 1. The first-order chi connectivity index (χ1) is 13.0. The second-order valence-electron chi connectivity index (χ2n) is 5.85. The average Bonchev–Trinajstić information content (AvgIpc) is 2.67. The van der Waals surface area contributed by atoms with Gasteiger partial charge in [0.2, 0.25) is 11.8 Å². The fraction of sp³-hybridized carbons (Fsp3) is 0.158. The van der Waals surface area contributed by atoms with Gasteiger partial charge in [-0.15, -0.1) is 5.10 Å². The molecule has 3 N–H and O–H groups in total. The SMILES string of the molecule is C/C(=N/N=C1/NC(=O)C[C@H](C(=O)Nc2ccccc2)S1)c1ccc(O)cc1. The van der Waals surface area contributed by atoms with E-state index in [1.807, 2.05) is 18.2 Å². The first-order valence-electron chi connectivity index (χ1n) is 8.25. The Bertz CT molecular complexity index is 895. The normalized spacial score (nSPS) is 18.9. The fourth-order valence-electron chi connectivity index (χ4n) is 2.36. The molecular weight excluding hydrogens is 364 g/mol. The molecule has 138 valence electrons. The largest absolute Gasteiger partial charge is 0.508 e. The number of aromatic hydroxyl groups is 1. The summed E-state index contributed by atoms with van der Waals surface area (Å²) in [7, 11) is 0. The van der Waals surface area contributed by atoms with E-state index in [2.05, 4.69) is 20.8 Å². The summed E-state index contributed by atoms with van der Waals surface area (Å²) >= 11 is 1.16. The van der Waals surface area contributed by atoms with Crippen LogP contribution < -0.4 is 10.6 Å². The van der Waals surface area contributed by atoms with Gasteiger partial charge in [0, 0.05) is 12.1 Å². The fourth-order valence-corrected chi connectivity index (χ4v) is 3.30. The molecule has 3 rings (SSSR count). The van der Waals surface area contributed by atoms with E-state index in [0.29, 0.717) is 11.4 Å². The zero-order valence-corrected chi connectivity index (χ0v) is 15.4. The van der Waals surface area contributed by atoms with Crippen molar-refractivity contribution in [3.8, 4) is 5.75 Å². The van der Waals surface area contributed by atoms with E-state index in [4.69, 9.17) is 0 Å². The average molecular weight is 382 g/mol. The molecule has 2 amide bonds. The minimum Gasteiger partial charge on any atom is -0.508 e. The maximum atomic E-state index is 12.4. The highest BCUT2D eigenvalue weighted by molar-refractivity contribution is 8.15. The number of anilines is 1. The molecule has 1 saturated heterocycles. The molecule has 0 spiro atoms. The van der Waals surface area contributed by atoms with Crippen molar-refractivity contribution in [1.82, 2.24) is 5.32 Å². The molecule has 0 saturated carbocycles. The minimum atomic E-state index is -0.582. The number of carbonyl (C=O) groups is 2. The summed E-state index contributed by atoms with van der Waals surface area (Å²) in [6.07, 6.45) is 0.0724. The summed E-state index contributed by atoms with van der Waals surface area (Å²) in [6, 6.07) is 15.6. The molecule has 1 aliphatic rings. The lowest BCUT2D eigenvalue weighted by Gasteiger charge is -2.21. The Labute approximate surface area is 160 Å². The molecule has 0 radical (unpaired) electrons. The molecule has 0 bridgehead atoms. The van der Waals surface area contributed by atoms with Crippen LogP contribution >= 0.6 is 11.8 Å². The summed E-state index contributed by atoms with van der Waals surface area (Å²) in [6.45, 7) is 1.77. The molecule has 27 heavy (non-hydrogen) atoms. The number of hydrogen-bond acceptors (Lipinski definition) is 6. The molecule has 8 heteroatoms. The molecule has 1 aliphatic heterocycles. The number of rotatable bonds is 4. The zero-order valence-electron chi connectivity index (χ0n) is 14.5. The third-order valence-corrected chi connectivity index (χ3v) is 4.85. The van der Waals surface area contributed by atoms with Crippen LogP contribution in [0.25, 0.3) is 0 Å². The number of amides is 2. The number of phenolic OH excluding ortho intramolecular Hbond substituents is 1. The topological polar surface area (TPSA) is 103 Å². The summed E-state index contributed by atoms with van der Waals surface area (Å²) in [5, 5.41) is 22.6. The van der Waals surface area contributed by atoms with Gasteiger partial charge in [-0.1, -0.05) is 30.0 Å². The smallest absolute Gasteiger partial charge is 0.238 e. The van der Waals surface area contributed by atoms with Gasteiger partial charge in [0.15, 0.2) is 5.17 Å². The molecule has 1 atom stereocenters. The van der Waals surface area contributed by atoms with Crippen molar-refractivity contribution in [3.05, 3.63) is 60.2 Å². The Morgan fingerprint density at radius 3 is 2.59 bits per heavy atom. The monoisotopic (exact) mass is 382 g/mol. The van der Waals surface area contributed by atoms with Crippen LogP contribution in [0.1, 0.15) is 18.9 Å². The number of thioether (sulfide) groups is 1. The second kappa shape index (κ2) is 8.50. The standard InChI is InChI=1S/C19H18N4O3S/c1-12(13-7-9-15(24)10-8-13)22-23-19-21-17(25)11-16(27-19)18(26)20-14-5-3-2-4-6-14/h2-10,16,24H,11H2,1H3,(H,20,26)(H,21,23,25)/b22-12-/t16-/m1/s1. The number of amidine groups is 1. The third-order valence-electron chi connectivity index (χ3n) is 3.78. The van der Waals surface area contributed by atoms with Crippen LogP contribution in [0.5, 0.6) is 5.75 Å². The van der Waals surface area contributed by atoms with Crippen LogP contribution in [-0.2, 0) is 9.59 Å². The van der Waals surface area contributed by atoms with Gasteiger partial charge in [-0.2, -0.15) is 5.10 Å². The predicted octanol–water partition coefficient (Wildman–Crippen LogP) is 2.73. The number of hydrogen-bond donors (Lipinski definition) is 3. The molecule has 1 heterocycles. The molecule has 1 fully saturated rings. The second-order valence-corrected chi connectivity index (χ2v) is 7.04. The van der Waals surface area contributed by atoms with Gasteiger partial charge in [-0.05, 0) is 48.9 Å². The zero-order chi connectivity index (χ0) is 19.2. The quantitative estimate of drug-likeness (QED) is 0.559. The van der Waals surface area contributed by atoms with Gasteiger partial charge in [-0.25, -0.2) is 0 Å². The third kappa shape index (κ3) is 5.18. The van der Waals surface area contributed by atoms with E-state index in [1.165, 1.54) is 0 Å². The maximum absolute atomic E-state index is 12.4. The Morgan fingerprint density at radius 1 is 1.19 bits per heavy atom. The van der Waals surface area contributed by atoms with Crippen LogP contribution in [0.2, 0.25) is 0 Å². The van der Waals surface area contributed by atoms with Crippen molar-refractivity contribution < 1.29 is 14.7 Å². The van der Waals surface area contributed by atoms with Crippen molar-refractivity contribution in [1.29, 1.82) is 0 Å². The number of phenols is 1. The van der Waals surface area contributed by atoms with Gasteiger partial charge in [0.25, 0.3) is 0 Å². The molecule has 0 aliphatic carbocycles. The van der Waals surface area contributed by atoms with Crippen LogP contribution in [0.4, 0.5) is 5.69 Å². The first-order valence-corrected chi connectivity index (χ1v) is 9.13. The Balaban J connectivity index is 1.69. The van der Waals surface area contributed by atoms with Crippen molar-refractivity contribution in [2.24, 2.45) is 10.2 Å². The van der Waals surface area contributed by atoms with Crippen LogP contribution in [0.15, 0.2) is 64.8 Å². The van der Waals surface area contributed by atoms with Gasteiger partial charge >= 0.3 is 0 Å². The van der Waals surface area contributed by atoms with E-state index in [-0.39, 0.29) is 29.2 Å². The maximum Gasteiger partial charge on any atom is 0.238 e. The van der Waals surface area contributed by atoms with E-state index < -0.39 is 5.25 Å². The van der Waals surface area contributed by atoms with E-state index in [9.17, 15) is 14.7 Å². The van der Waals surface area contributed by atoms with Crippen LogP contribution in [0.3, 0.4) is 0 Å². The summed E-state index contributed by atoms with van der Waals surface area (Å²) < 4.78 is 0. The predicted molar refractivity (Wildman–Crippen MR) is 107 cm³/mol. The number of nitrogens with one attached hydrogen (secondary N) is 2. The van der Waals surface area contributed by atoms with Gasteiger partial charge in [-0.3, -0.25) is 9.59 Å². The highest BCUT2D eigenvalue weighted by Crippen LogP contribution is 2.22. The lowest BCUT2D eigenvalue weighted by Crippen LogP contribution is -2.41. The highest BCUT2D eigenvalue weighted by atomic mass is 32.2. The lowest BCUT2D eigenvalue weighted by atomic mass is 10.1. The number of benzene rings is 2. The van der Waals surface area contributed by atoms with E-state index in [0.717, 1.165) is 17.3 Å². The minimum absolute atomic E-state index is 0.0724. The number of carbonyl (C=O) groups excluding carboxylic acids is 2. The van der Waals surface area contributed by atoms with Gasteiger partial charge in [0.05, 0.1) is 5.71 Å². The molecule has 2 aromatic rings. The Hall–Kier alpha value is -3.13. The lowest BCUT2D eigenvalue weighted by molar-refractivity contribution is -0.123. The molecule has 0 aromatic heterocycles. The Morgan fingerprint density at radius 2 is 1.89 bits per heavy atom. The van der Waals surface area contributed by atoms with Gasteiger partial charge in [0.1, 0.15) is 11.0 Å². The van der Waals surface area contributed by atoms with Crippen molar-refractivity contribution in [2.45, 2.75) is 18.6 Å². The van der Waals surface area contributed by atoms with Gasteiger partial charge < -0.3 is 15.7 Å². The highest BCUT2D eigenvalue weighted by Gasteiger charge is 2.30. The molecule has 0 unspecified atom stereocenters. The van der Waals surface area contributed by atoms with Crippen molar-refractivity contribution in [3.63, 3.8) is 0 Å². The van der Waals surface area contributed by atoms with Crippen LogP contribution in [-0.4, -0.2) is 33.1 Å². The molecule has 2 aromatic carbocycles. The molecular formula is C19H18N4O3S.